The molecule has 1 N–H and O–H groups in total. The quantitative estimate of drug-likeness (QED) is 0.646. The van der Waals surface area contributed by atoms with Crippen LogP contribution in [0.4, 0.5) is 0 Å². The lowest BCUT2D eigenvalue weighted by Gasteiger charge is -2.05. The Balaban J connectivity index is 1.93. The van der Waals surface area contributed by atoms with E-state index in [9.17, 15) is 0 Å². The molecule has 4 nitrogen and oxygen atoms in total. The number of nitrogens with zero attached hydrogens (tertiary/aromatic N) is 1. The summed E-state index contributed by atoms with van der Waals surface area (Å²) in [5.41, 5.74) is 1.19. The van der Waals surface area contributed by atoms with Crippen molar-refractivity contribution in [2.45, 2.75) is 6.54 Å². The Morgan fingerprint density at radius 1 is 1.33 bits per heavy atom. The van der Waals surface area contributed by atoms with Gasteiger partial charge in [0.1, 0.15) is 0 Å². The average Bonchev–Trinajstić information content (AvgIpc) is 2.29. The van der Waals surface area contributed by atoms with Gasteiger partial charge < -0.3 is 14.8 Å². The van der Waals surface area contributed by atoms with Gasteiger partial charge in [-0.3, -0.25) is 4.98 Å². The van der Waals surface area contributed by atoms with Crippen molar-refractivity contribution in [3.63, 3.8) is 0 Å². The predicted octanol–water partition coefficient (Wildman–Crippen LogP) is 0.834. The molecule has 4 heteroatoms. The zero-order valence-corrected chi connectivity index (χ0v) is 9.11. The largest absolute Gasteiger partial charge is 0.382 e. The highest BCUT2D eigenvalue weighted by molar-refractivity contribution is 5.07. The third-order valence-electron chi connectivity index (χ3n) is 1.91. The fourth-order valence-electron chi connectivity index (χ4n) is 1.12. The van der Waals surface area contributed by atoms with Crippen LogP contribution >= 0.6 is 0 Å². The van der Waals surface area contributed by atoms with Crippen LogP contribution in [0.15, 0.2) is 24.5 Å². The summed E-state index contributed by atoms with van der Waals surface area (Å²) < 4.78 is 10.2. The SMILES string of the molecule is COCCOCCNCc1cccnc1. The molecule has 0 amide bonds. The third kappa shape index (κ3) is 6.17. The number of pyridine rings is 1. The summed E-state index contributed by atoms with van der Waals surface area (Å²) in [5, 5.41) is 3.27. The molecule has 0 radical (unpaired) electrons. The summed E-state index contributed by atoms with van der Waals surface area (Å²) in [6, 6.07) is 3.98. The van der Waals surface area contributed by atoms with E-state index in [2.05, 4.69) is 10.3 Å². The fraction of sp³-hybridized carbons (Fsp3) is 0.545. The number of rotatable bonds is 8. The first-order chi connectivity index (χ1) is 7.43. The van der Waals surface area contributed by atoms with E-state index < -0.39 is 0 Å². The minimum absolute atomic E-state index is 0.655. The Kier molecular flexibility index (Phi) is 6.73. The molecule has 0 saturated carbocycles. The molecule has 0 unspecified atom stereocenters. The second-order valence-electron chi connectivity index (χ2n) is 3.14. The summed E-state index contributed by atoms with van der Waals surface area (Å²) in [4.78, 5) is 4.04. The lowest BCUT2D eigenvalue weighted by atomic mass is 10.3. The van der Waals surface area contributed by atoms with Crippen molar-refractivity contribution in [1.82, 2.24) is 10.3 Å². The Hall–Kier alpha value is -0.970. The van der Waals surface area contributed by atoms with Crippen LogP contribution in [0.5, 0.6) is 0 Å². The first-order valence-electron chi connectivity index (χ1n) is 5.10. The molecule has 0 bridgehead atoms. The standard InChI is InChI=1S/C11H18N2O2/c1-14-7-8-15-6-5-13-10-11-3-2-4-12-9-11/h2-4,9,13H,5-8,10H2,1H3. The van der Waals surface area contributed by atoms with Crippen LogP contribution in [-0.2, 0) is 16.0 Å². The first kappa shape index (κ1) is 12.1. The van der Waals surface area contributed by atoms with Gasteiger partial charge in [0, 0.05) is 32.6 Å². The van der Waals surface area contributed by atoms with Gasteiger partial charge in [-0.2, -0.15) is 0 Å². The van der Waals surface area contributed by atoms with Crippen LogP contribution in [0.1, 0.15) is 5.56 Å². The van der Waals surface area contributed by atoms with Crippen molar-refractivity contribution < 1.29 is 9.47 Å². The van der Waals surface area contributed by atoms with Gasteiger partial charge in [0.15, 0.2) is 0 Å². The van der Waals surface area contributed by atoms with Gasteiger partial charge in [-0.1, -0.05) is 6.07 Å². The van der Waals surface area contributed by atoms with E-state index in [-0.39, 0.29) is 0 Å². The molecule has 1 heterocycles. The Morgan fingerprint density at radius 3 is 3.00 bits per heavy atom. The molecule has 1 aromatic heterocycles. The molecule has 0 saturated heterocycles. The van der Waals surface area contributed by atoms with Crippen LogP contribution in [0, 0.1) is 0 Å². The Bertz CT molecular complexity index is 242. The molecular formula is C11H18N2O2. The van der Waals surface area contributed by atoms with Crippen molar-refractivity contribution in [1.29, 1.82) is 0 Å². The summed E-state index contributed by atoms with van der Waals surface area (Å²) in [6.07, 6.45) is 3.64. The maximum Gasteiger partial charge on any atom is 0.0700 e. The van der Waals surface area contributed by atoms with E-state index in [1.165, 1.54) is 5.56 Å². The van der Waals surface area contributed by atoms with E-state index in [4.69, 9.17) is 9.47 Å². The Labute approximate surface area is 90.6 Å². The number of aromatic nitrogens is 1. The Morgan fingerprint density at radius 2 is 2.27 bits per heavy atom. The summed E-state index contributed by atoms with van der Waals surface area (Å²) in [7, 11) is 1.67. The zero-order valence-electron chi connectivity index (χ0n) is 9.11. The van der Waals surface area contributed by atoms with Gasteiger partial charge in [0.05, 0.1) is 19.8 Å². The molecule has 0 aliphatic rings. The normalized spacial score (nSPS) is 10.5. The van der Waals surface area contributed by atoms with Crippen LogP contribution in [0.3, 0.4) is 0 Å². The molecule has 84 valence electrons. The van der Waals surface area contributed by atoms with Gasteiger partial charge in [-0.15, -0.1) is 0 Å². The van der Waals surface area contributed by atoms with Crippen molar-refractivity contribution in [2.24, 2.45) is 0 Å². The van der Waals surface area contributed by atoms with Crippen LogP contribution in [0.25, 0.3) is 0 Å². The van der Waals surface area contributed by atoms with Crippen molar-refractivity contribution in [2.75, 3.05) is 33.5 Å². The van der Waals surface area contributed by atoms with Crippen molar-refractivity contribution in [3.05, 3.63) is 30.1 Å². The van der Waals surface area contributed by atoms with Crippen molar-refractivity contribution >= 4 is 0 Å². The zero-order chi connectivity index (χ0) is 10.8. The molecule has 1 rings (SSSR count). The first-order valence-corrected chi connectivity index (χ1v) is 5.10. The van der Waals surface area contributed by atoms with E-state index >= 15 is 0 Å². The van der Waals surface area contributed by atoms with Gasteiger partial charge >= 0.3 is 0 Å². The molecule has 15 heavy (non-hydrogen) atoms. The smallest absolute Gasteiger partial charge is 0.0700 e. The molecule has 0 atom stereocenters. The summed E-state index contributed by atoms with van der Waals surface area (Å²) in [6.45, 7) is 3.71. The lowest BCUT2D eigenvalue weighted by molar-refractivity contribution is 0.0719. The highest BCUT2D eigenvalue weighted by Crippen LogP contribution is 1.93. The van der Waals surface area contributed by atoms with E-state index in [0.717, 1.165) is 13.1 Å². The maximum atomic E-state index is 5.31. The molecule has 0 aliphatic carbocycles. The number of hydrogen-bond acceptors (Lipinski definition) is 4. The maximum absolute atomic E-state index is 5.31. The minimum Gasteiger partial charge on any atom is -0.382 e. The van der Waals surface area contributed by atoms with Crippen molar-refractivity contribution in [3.8, 4) is 0 Å². The van der Waals surface area contributed by atoms with Gasteiger partial charge in [0.2, 0.25) is 0 Å². The van der Waals surface area contributed by atoms with Crippen LogP contribution in [0.2, 0.25) is 0 Å². The van der Waals surface area contributed by atoms with Gasteiger partial charge in [-0.25, -0.2) is 0 Å². The molecule has 0 aliphatic heterocycles. The number of methoxy groups -OCH3 is 1. The number of nitrogens with one attached hydrogen (secondary N) is 1. The second kappa shape index (κ2) is 8.35. The lowest BCUT2D eigenvalue weighted by Crippen LogP contribution is -2.20. The molecular weight excluding hydrogens is 192 g/mol. The highest BCUT2D eigenvalue weighted by atomic mass is 16.5. The van der Waals surface area contributed by atoms with E-state index in [0.29, 0.717) is 19.8 Å². The highest BCUT2D eigenvalue weighted by Gasteiger charge is 1.91. The molecule has 1 aromatic rings. The van der Waals surface area contributed by atoms with Crippen LogP contribution in [-0.4, -0.2) is 38.5 Å². The van der Waals surface area contributed by atoms with Gasteiger partial charge in [0.25, 0.3) is 0 Å². The summed E-state index contributed by atoms with van der Waals surface area (Å²) >= 11 is 0. The van der Waals surface area contributed by atoms with E-state index in [1.807, 2.05) is 18.3 Å². The molecule has 0 spiro atoms. The van der Waals surface area contributed by atoms with Gasteiger partial charge in [-0.05, 0) is 11.6 Å². The molecule has 0 fully saturated rings. The topological polar surface area (TPSA) is 43.4 Å². The third-order valence-corrected chi connectivity index (χ3v) is 1.91. The predicted molar refractivity (Wildman–Crippen MR) is 58.6 cm³/mol. The molecule has 0 aromatic carbocycles. The fourth-order valence-corrected chi connectivity index (χ4v) is 1.12. The van der Waals surface area contributed by atoms with E-state index in [1.54, 1.807) is 13.3 Å². The average molecular weight is 210 g/mol. The van der Waals surface area contributed by atoms with Crippen LogP contribution < -0.4 is 5.32 Å². The number of ether oxygens (including phenoxy) is 2. The summed E-state index contributed by atoms with van der Waals surface area (Å²) in [5.74, 6) is 0. The second-order valence-corrected chi connectivity index (χ2v) is 3.14. The number of hydrogen-bond donors (Lipinski definition) is 1. The monoisotopic (exact) mass is 210 g/mol. The minimum atomic E-state index is 0.655.